The van der Waals surface area contributed by atoms with Gasteiger partial charge in [0.05, 0.1) is 6.54 Å². The van der Waals surface area contributed by atoms with Gasteiger partial charge in [-0.05, 0) is 31.0 Å². The summed E-state index contributed by atoms with van der Waals surface area (Å²) < 4.78 is 12.8. The summed E-state index contributed by atoms with van der Waals surface area (Å²) in [6.45, 7) is 5.94. The first-order chi connectivity index (χ1) is 9.65. The molecule has 4 nitrogen and oxygen atoms in total. The van der Waals surface area contributed by atoms with Crippen LogP contribution in [0.1, 0.15) is 12.5 Å². The number of carbonyl (C=O) groups is 1. The van der Waals surface area contributed by atoms with Gasteiger partial charge in [-0.3, -0.25) is 9.69 Å². The third kappa shape index (κ3) is 4.58. The molecule has 20 heavy (non-hydrogen) atoms. The Morgan fingerprint density at radius 3 is 2.90 bits per heavy atom. The molecule has 2 rings (SSSR count). The number of benzene rings is 1. The largest absolute Gasteiger partial charge is 0.355 e. The average molecular weight is 279 g/mol. The maximum Gasteiger partial charge on any atom is 0.234 e. The molecular formula is C15H22FN3O. The molecule has 1 aliphatic rings. The van der Waals surface area contributed by atoms with Gasteiger partial charge in [0.25, 0.3) is 0 Å². The Hall–Kier alpha value is -1.46. The van der Waals surface area contributed by atoms with Crippen molar-refractivity contribution in [2.45, 2.75) is 19.4 Å². The molecule has 1 saturated heterocycles. The summed E-state index contributed by atoms with van der Waals surface area (Å²) in [6, 6.07) is 6.78. The number of hydrogen-bond acceptors (Lipinski definition) is 3. The van der Waals surface area contributed by atoms with Crippen molar-refractivity contribution in [3.63, 3.8) is 0 Å². The first kappa shape index (κ1) is 14.9. The van der Waals surface area contributed by atoms with Crippen LogP contribution in [0.5, 0.6) is 0 Å². The van der Waals surface area contributed by atoms with Crippen molar-refractivity contribution in [3.8, 4) is 0 Å². The molecule has 0 saturated carbocycles. The van der Waals surface area contributed by atoms with Crippen LogP contribution < -0.4 is 10.6 Å². The summed E-state index contributed by atoms with van der Waals surface area (Å²) in [6.07, 6.45) is 0.725. The Labute approximate surface area is 119 Å². The van der Waals surface area contributed by atoms with Crippen LogP contribution in [-0.4, -0.2) is 49.6 Å². The van der Waals surface area contributed by atoms with Crippen molar-refractivity contribution >= 4 is 5.91 Å². The van der Waals surface area contributed by atoms with Crippen molar-refractivity contribution in [3.05, 3.63) is 35.6 Å². The van der Waals surface area contributed by atoms with Gasteiger partial charge in [0.1, 0.15) is 5.82 Å². The van der Waals surface area contributed by atoms with Gasteiger partial charge in [0, 0.05) is 32.2 Å². The SMILES string of the molecule is C[C@@H]1CNCCN1CC(=O)NCCc1ccc(F)cc1. The van der Waals surface area contributed by atoms with E-state index >= 15 is 0 Å². The van der Waals surface area contributed by atoms with E-state index in [9.17, 15) is 9.18 Å². The highest BCUT2D eigenvalue weighted by atomic mass is 19.1. The zero-order chi connectivity index (χ0) is 14.4. The number of piperazine rings is 1. The number of amides is 1. The summed E-state index contributed by atoms with van der Waals surface area (Å²) in [4.78, 5) is 14.1. The smallest absolute Gasteiger partial charge is 0.234 e. The van der Waals surface area contributed by atoms with Crippen molar-refractivity contribution in [1.82, 2.24) is 15.5 Å². The molecule has 1 fully saturated rings. The molecule has 1 aromatic rings. The first-order valence-electron chi connectivity index (χ1n) is 7.11. The predicted molar refractivity (Wildman–Crippen MR) is 77.0 cm³/mol. The summed E-state index contributed by atoms with van der Waals surface area (Å²) in [7, 11) is 0. The Balaban J connectivity index is 1.68. The van der Waals surface area contributed by atoms with Crippen LogP contribution in [0.25, 0.3) is 0 Å². The van der Waals surface area contributed by atoms with E-state index in [1.165, 1.54) is 12.1 Å². The Kier molecular flexibility index (Phi) is 5.49. The molecule has 2 N–H and O–H groups in total. The van der Waals surface area contributed by atoms with Gasteiger partial charge in [0.15, 0.2) is 0 Å². The third-order valence-electron chi connectivity index (χ3n) is 3.63. The molecule has 5 heteroatoms. The highest BCUT2D eigenvalue weighted by molar-refractivity contribution is 5.78. The van der Waals surface area contributed by atoms with E-state index in [1.807, 2.05) is 0 Å². The topological polar surface area (TPSA) is 44.4 Å². The monoisotopic (exact) mass is 279 g/mol. The van der Waals surface area contributed by atoms with Crippen LogP contribution >= 0.6 is 0 Å². The van der Waals surface area contributed by atoms with Crippen LogP contribution in [0.3, 0.4) is 0 Å². The zero-order valence-corrected chi connectivity index (χ0v) is 11.9. The maximum absolute atomic E-state index is 12.8. The van der Waals surface area contributed by atoms with E-state index in [2.05, 4.69) is 22.5 Å². The maximum atomic E-state index is 12.8. The molecule has 1 heterocycles. The minimum absolute atomic E-state index is 0.0564. The lowest BCUT2D eigenvalue weighted by molar-refractivity contribution is -0.122. The number of carbonyl (C=O) groups excluding carboxylic acids is 1. The van der Waals surface area contributed by atoms with Crippen molar-refractivity contribution in [2.75, 3.05) is 32.7 Å². The molecule has 1 aromatic carbocycles. The van der Waals surface area contributed by atoms with E-state index < -0.39 is 0 Å². The van der Waals surface area contributed by atoms with Crippen molar-refractivity contribution in [2.24, 2.45) is 0 Å². The quantitative estimate of drug-likeness (QED) is 0.837. The van der Waals surface area contributed by atoms with Crippen LogP contribution in [0.2, 0.25) is 0 Å². The normalized spacial score (nSPS) is 19.8. The van der Waals surface area contributed by atoms with E-state index in [-0.39, 0.29) is 11.7 Å². The highest BCUT2D eigenvalue weighted by Gasteiger charge is 2.19. The van der Waals surface area contributed by atoms with E-state index in [4.69, 9.17) is 0 Å². The van der Waals surface area contributed by atoms with Gasteiger partial charge in [-0.2, -0.15) is 0 Å². The molecule has 0 spiro atoms. The first-order valence-corrected chi connectivity index (χ1v) is 7.11. The van der Waals surface area contributed by atoms with Gasteiger partial charge in [-0.15, -0.1) is 0 Å². The van der Waals surface area contributed by atoms with Crippen molar-refractivity contribution < 1.29 is 9.18 Å². The molecule has 0 aliphatic carbocycles. The molecule has 0 unspecified atom stereocenters. The van der Waals surface area contributed by atoms with E-state index in [0.29, 0.717) is 19.1 Å². The average Bonchev–Trinajstić information content (AvgIpc) is 2.44. The molecule has 0 aromatic heterocycles. The third-order valence-corrected chi connectivity index (χ3v) is 3.63. The summed E-state index contributed by atoms with van der Waals surface area (Å²) in [5, 5.41) is 6.22. The fourth-order valence-corrected chi connectivity index (χ4v) is 2.36. The number of nitrogens with zero attached hydrogens (tertiary/aromatic N) is 1. The molecule has 110 valence electrons. The van der Waals surface area contributed by atoms with Crippen LogP contribution in [0.15, 0.2) is 24.3 Å². The number of hydrogen-bond donors (Lipinski definition) is 2. The summed E-state index contributed by atoms with van der Waals surface area (Å²) in [5.41, 5.74) is 1.03. The molecule has 1 aliphatic heterocycles. The predicted octanol–water partition coefficient (Wildman–Crippen LogP) is 0.778. The van der Waals surface area contributed by atoms with Crippen LogP contribution in [0.4, 0.5) is 4.39 Å². The lowest BCUT2D eigenvalue weighted by Gasteiger charge is -2.33. The highest BCUT2D eigenvalue weighted by Crippen LogP contribution is 2.03. The second kappa shape index (κ2) is 7.36. The zero-order valence-electron chi connectivity index (χ0n) is 11.9. The summed E-state index contributed by atoms with van der Waals surface area (Å²) >= 11 is 0. The van der Waals surface area contributed by atoms with E-state index in [1.54, 1.807) is 12.1 Å². The molecule has 1 atom stereocenters. The molecular weight excluding hydrogens is 257 g/mol. The van der Waals surface area contributed by atoms with Crippen LogP contribution in [-0.2, 0) is 11.2 Å². The fraction of sp³-hybridized carbons (Fsp3) is 0.533. The van der Waals surface area contributed by atoms with Crippen molar-refractivity contribution in [1.29, 1.82) is 0 Å². The lowest BCUT2D eigenvalue weighted by Crippen LogP contribution is -2.52. The Morgan fingerprint density at radius 2 is 2.20 bits per heavy atom. The van der Waals surface area contributed by atoms with Gasteiger partial charge in [0.2, 0.25) is 5.91 Å². The van der Waals surface area contributed by atoms with Gasteiger partial charge in [-0.25, -0.2) is 4.39 Å². The molecule has 1 amide bonds. The number of nitrogens with one attached hydrogen (secondary N) is 2. The van der Waals surface area contributed by atoms with Gasteiger partial charge < -0.3 is 10.6 Å². The Morgan fingerprint density at radius 1 is 1.45 bits per heavy atom. The molecule has 0 radical (unpaired) electrons. The second-order valence-electron chi connectivity index (χ2n) is 5.25. The lowest BCUT2D eigenvalue weighted by atomic mass is 10.1. The van der Waals surface area contributed by atoms with Crippen LogP contribution in [0, 0.1) is 5.82 Å². The number of halogens is 1. The van der Waals surface area contributed by atoms with E-state index in [0.717, 1.165) is 31.6 Å². The standard InChI is InChI=1S/C15H22FN3O/c1-12-10-17-8-9-19(12)11-15(20)18-7-6-13-2-4-14(16)5-3-13/h2-5,12,17H,6-11H2,1H3,(H,18,20)/t12-/m1/s1. The fourth-order valence-electron chi connectivity index (χ4n) is 2.36. The van der Waals surface area contributed by atoms with Gasteiger partial charge >= 0.3 is 0 Å². The minimum Gasteiger partial charge on any atom is -0.355 e. The number of rotatable bonds is 5. The minimum atomic E-state index is -0.231. The second-order valence-corrected chi connectivity index (χ2v) is 5.25. The Bertz CT molecular complexity index is 435. The summed E-state index contributed by atoms with van der Waals surface area (Å²) in [5.74, 6) is -0.175. The molecule has 0 bridgehead atoms. The van der Waals surface area contributed by atoms with Gasteiger partial charge in [-0.1, -0.05) is 12.1 Å².